The number of anilines is 2. The van der Waals surface area contributed by atoms with E-state index >= 15 is 0 Å². The van der Waals surface area contributed by atoms with Gasteiger partial charge in [-0.3, -0.25) is 0 Å². The summed E-state index contributed by atoms with van der Waals surface area (Å²) in [6, 6.07) is 5.36. The van der Waals surface area contributed by atoms with Crippen molar-refractivity contribution in [2.75, 3.05) is 17.2 Å². The molecular weight excluding hydrogens is 398 g/mol. The Labute approximate surface area is 171 Å². The zero-order valence-electron chi connectivity index (χ0n) is 15.9. The number of nitrogens with one attached hydrogen (secondary N) is 2. The molecule has 0 saturated heterocycles. The molecule has 1 aliphatic carbocycles. The van der Waals surface area contributed by atoms with Gasteiger partial charge in [0.1, 0.15) is 11.6 Å². The Morgan fingerprint density at radius 2 is 2.28 bits per heavy atom. The van der Waals surface area contributed by atoms with Gasteiger partial charge in [0.05, 0.1) is 11.7 Å². The molecule has 0 aromatic carbocycles. The van der Waals surface area contributed by atoms with Crippen molar-refractivity contribution >= 4 is 28.1 Å². The average molecular weight is 420 g/mol. The largest absolute Gasteiger partial charge is 0.484 e. The number of alkyl halides is 2. The quantitative estimate of drug-likeness (QED) is 0.536. The third kappa shape index (κ3) is 4.81. The van der Waals surface area contributed by atoms with Crippen LogP contribution in [0, 0.1) is 12.8 Å². The van der Waals surface area contributed by atoms with Crippen LogP contribution in [0.1, 0.15) is 25.0 Å². The number of aryl methyl sites for hydroxylation is 1. The molecule has 3 aromatic rings. The second-order valence-corrected chi connectivity index (χ2v) is 7.78. The number of aromatic nitrogens is 4. The van der Waals surface area contributed by atoms with Crippen molar-refractivity contribution in [3.8, 4) is 5.75 Å². The molecule has 0 spiro atoms. The standard InChI is InChI=1S/C19H22F2N6OS/c1-12-10-17(29-26-12)22-8-7-14(13-4-2-5-13)23-19-24-18-15(28-11-16(20)21)6-3-9-27(18)25-19/h3,6-10,13-14,16,22H,2,4-5,11H2,1H3,(H,23,25)/b8-7+/t14-/m0/s1. The van der Waals surface area contributed by atoms with Gasteiger partial charge in [-0.15, -0.1) is 5.10 Å². The summed E-state index contributed by atoms with van der Waals surface area (Å²) in [5.41, 5.74) is 1.39. The van der Waals surface area contributed by atoms with Crippen LogP contribution in [0.25, 0.3) is 5.65 Å². The SMILES string of the molecule is Cc1cc(N/C=C/[C@H](Nc2nc3c(OCC(F)F)cccn3n2)C2CCC2)sn1. The highest BCUT2D eigenvalue weighted by Gasteiger charge is 2.26. The van der Waals surface area contributed by atoms with Gasteiger partial charge >= 0.3 is 0 Å². The summed E-state index contributed by atoms with van der Waals surface area (Å²) in [7, 11) is 0. The maximum Gasteiger partial charge on any atom is 0.272 e. The van der Waals surface area contributed by atoms with Crippen LogP contribution < -0.4 is 15.4 Å². The molecule has 0 radical (unpaired) electrons. The lowest BCUT2D eigenvalue weighted by Crippen LogP contribution is -2.32. The molecule has 4 rings (SSSR count). The van der Waals surface area contributed by atoms with Gasteiger partial charge in [-0.2, -0.15) is 9.36 Å². The Hall–Kier alpha value is -2.75. The number of rotatable bonds is 9. The third-order valence-corrected chi connectivity index (χ3v) is 5.61. The fourth-order valence-corrected chi connectivity index (χ4v) is 3.78. The van der Waals surface area contributed by atoms with Gasteiger partial charge in [0.15, 0.2) is 11.4 Å². The molecule has 3 heterocycles. The molecule has 1 atom stereocenters. The van der Waals surface area contributed by atoms with Crippen molar-refractivity contribution in [3.05, 3.63) is 42.4 Å². The van der Waals surface area contributed by atoms with Crippen molar-refractivity contribution in [2.45, 2.75) is 38.7 Å². The lowest BCUT2D eigenvalue weighted by molar-refractivity contribution is 0.0824. The van der Waals surface area contributed by atoms with Gasteiger partial charge < -0.3 is 15.4 Å². The predicted octanol–water partition coefficient (Wildman–Crippen LogP) is 4.34. The van der Waals surface area contributed by atoms with Crippen molar-refractivity contribution in [2.24, 2.45) is 5.92 Å². The van der Waals surface area contributed by atoms with Crippen LogP contribution in [-0.2, 0) is 0 Å². The van der Waals surface area contributed by atoms with E-state index in [4.69, 9.17) is 4.74 Å². The first-order valence-corrected chi connectivity index (χ1v) is 10.3. The summed E-state index contributed by atoms with van der Waals surface area (Å²) in [5, 5.41) is 12.0. The molecule has 154 valence electrons. The second kappa shape index (κ2) is 8.73. The van der Waals surface area contributed by atoms with Gasteiger partial charge in [0, 0.05) is 6.20 Å². The van der Waals surface area contributed by atoms with Gasteiger partial charge in [-0.05, 0) is 67.7 Å². The van der Waals surface area contributed by atoms with Crippen molar-refractivity contribution in [1.82, 2.24) is 19.0 Å². The molecular formula is C19H22F2N6OS. The number of pyridine rings is 1. The molecule has 1 aliphatic rings. The minimum absolute atomic E-state index is 0.0631. The summed E-state index contributed by atoms with van der Waals surface area (Å²) < 4.78 is 35.9. The summed E-state index contributed by atoms with van der Waals surface area (Å²) in [6.45, 7) is 1.28. The molecule has 0 unspecified atom stereocenters. The van der Waals surface area contributed by atoms with E-state index in [-0.39, 0.29) is 11.8 Å². The average Bonchev–Trinajstić information content (AvgIpc) is 3.24. The van der Waals surface area contributed by atoms with Crippen molar-refractivity contribution in [3.63, 3.8) is 0 Å². The molecule has 7 nitrogen and oxygen atoms in total. The first-order chi connectivity index (χ1) is 14.1. The number of fused-ring (bicyclic) bond motifs is 1. The van der Waals surface area contributed by atoms with Crippen LogP contribution in [0.5, 0.6) is 5.75 Å². The topological polar surface area (TPSA) is 76.4 Å². The second-order valence-electron chi connectivity index (χ2n) is 6.98. The normalized spacial score (nSPS) is 15.7. The smallest absolute Gasteiger partial charge is 0.272 e. The molecule has 0 bridgehead atoms. The zero-order valence-corrected chi connectivity index (χ0v) is 16.7. The summed E-state index contributed by atoms with van der Waals surface area (Å²) >= 11 is 1.42. The highest BCUT2D eigenvalue weighted by Crippen LogP contribution is 2.32. The Morgan fingerprint density at radius 3 is 2.97 bits per heavy atom. The maximum absolute atomic E-state index is 12.5. The van der Waals surface area contributed by atoms with Gasteiger partial charge in [0.2, 0.25) is 5.95 Å². The van der Waals surface area contributed by atoms with E-state index in [1.807, 2.05) is 19.2 Å². The molecule has 1 saturated carbocycles. The van der Waals surface area contributed by atoms with Gasteiger partial charge in [0.25, 0.3) is 6.43 Å². The predicted molar refractivity (Wildman–Crippen MR) is 109 cm³/mol. The number of nitrogens with zero attached hydrogens (tertiary/aromatic N) is 4. The molecule has 10 heteroatoms. The fraction of sp³-hybridized carbons (Fsp3) is 0.421. The number of hydrogen-bond donors (Lipinski definition) is 2. The monoisotopic (exact) mass is 420 g/mol. The Balaban J connectivity index is 1.48. The maximum atomic E-state index is 12.5. The van der Waals surface area contributed by atoms with Crippen molar-refractivity contribution < 1.29 is 13.5 Å². The zero-order chi connectivity index (χ0) is 20.2. The Kier molecular flexibility index (Phi) is 5.89. The number of halogens is 2. The molecule has 2 N–H and O–H groups in total. The molecule has 29 heavy (non-hydrogen) atoms. The summed E-state index contributed by atoms with van der Waals surface area (Å²) in [5.74, 6) is 1.22. The lowest BCUT2D eigenvalue weighted by atomic mass is 9.80. The van der Waals surface area contributed by atoms with E-state index in [0.717, 1.165) is 23.5 Å². The molecule has 1 fully saturated rings. The number of hydrogen-bond acceptors (Lipinski definition) is 7. The van der Waals surface area contributed by atoms with E-state index in [1.54, 1.807) is 18.3 Å². The van der Waals surface area contributed by atoms with Crippen LogP contribution in [0.3, 0.4) is 0 Å². The first-order valence-electron chi connectivity index (χ1n) is 9.48. The van der Waals surface area contributed by atoms with E-state index in [0.29, 0.717) is 17.5 Å². The van der Waals surface area contributed by atoms with Crippen LogP contribution in [0.2, 0.25) is 0 Å². The first kappa shape index (κ1) is 19.6. The third-order valence-electron chi connectivity index (χ3n) is 4.80. The van der Waals surface area contributed by atoms with E-state index in [1.165, 1.54) is 22.5 Å². The van der Waals surface area contributed by atoms with Crippen LogP contribution in [0.4, 0.5) is 19.7 Å². The highest BCUT2D eigenvalue weighted by atomic mass is 32.1. The van der Waals surface area contributed by atoms with E-state index in [2.05, 4.69) is 31.2 Å². The molecule has 0 aliphatic heterocycles. The van der Waals surface area contributed by atoms with Crippen LogP contribution in [0.15, 0.2) is 36.7 Å². The highest BCUT2D eigenvalue weighted by molar-refractivity contribution is 7.10. The minimum atomic E-state index is -2.54. The van der Waals surface area contributed by atoms with Crippen molar-refractivity contribution in [1.29, 1.82) is 0 Å². The van der Waals surface area contributed by atoms with E-state index < -0.39 is 13.0 Å². The lowest BCUT2D eigenvalue weighted by Gasteiger charge is -2.32. The number of ether oxygens (including phenoxy) is 1. The van der Waals surface area contributed by atoms with E-state index in [9.17, 15) is 8.78 Å². The fourth-order valence-electron chi connectivity index (χ4n) is 3.14. The van der Waals surface area contributed by atoms with Crippen LogP contribution in [-0.4, -0.2) is 38.0 Å². The van der Waals surface area contributed by atoms with Gasteiger partial charge in [-0.25, -0.2) is 13.3 Å². The van der Waals surface area contributed by atoms with Gasteiger partial charge in [-0.1, -0.05) is 6.42 Å². The minimum Gasteiger partial charge on any atom is -0.484 e. The Morgan fingerprint density at radius 1 is 1.41 bits per heavy atom. The van der Waals surface area contributed by atoms with Crippen LogP contribution >= 0.6 is 11.5 Å². The molecule has 0 amide bonds. The summed E-state index contributed by atoms with van der Waals surface area (Å²) in [6.07, 6.45) is 6.64. The Bertz CT molecular complexity index is 984. The summed E-state index contributed by atoms with van der Waals surface area (Å²) in [4.78, 5) is 4.45. The molecule has 3 aromatic heterocycles.